The van der Waals surface area contributed by atoms with Gasteiger partial charge in [-0.2, -0.15) is 0 Å². The molecule has 2 N–H and O–H groups in total. The highest BCUT2D eigenvalue weighted by Crippen LogP contribution is 2.28. The average molecular weight is 303 g/mol. The number of nitrogens with two attached hydrogens (primary N) is 1. The van der Waals surface area contributed by atoms with Crippen molar-refractivity contribution < 1.29 is 4.79 Å². The van der Waals surface area contributed by atoms with Crippen LogP contribution >= 0.6 is 11.3 Å². The van der Waals surface area contributed by atoms with Gasteiger partial charge in [0.25, 0.3) is 5.91 Å². The van der Waals surface area contributed by atoms with Gasteiger partial charge in [-0.3, -0.25) is 4.79 Å². The Hall–Kier alpha value is -1.86. The molecule has 1 saturated heterocycles. The number of aryl methyl sites for hydroxylation is 1. The number of carbonyl (C=O) groups is 1. The summed E-state index contributed by atoms with van der Waals surface area (Å²) in [6, 6.07) is 1.90. The van der Waals surface area contributed by atoms with Gasteiger partial charge in [-0.1, -0.05) is 0 Å². The molecular weight excluding hydrogens is 286 g/mol. The predicted octanol–water partition coefficient (Wildman–Crippen LogP) is 1.47. The van der Waals surface area contributed by atoms with Gasteiger partial charge in [-0.05, 0) is 25.8 Å². The smallest absolute Gasteiger partial charge is 0.266 e. The topological polar surface area (TPSA) is 85.0 Å². The van der Waals surface area contributed by atoms with Crippen LogP contribution in [0.1, 0.15) is 28.2 Å². The summed E-state index contributed by atoms with van der Waals surface area (Å²) in [5.74, 6) is 0.585. The molecule has 0 saturated carbocycles. The fourth-order valence-corrected chi connectivity index (χ4v) is 3.55. The van der Waals surface area contributed by atoms with Crippen molar-refractivity contribution in [3.8, 4) is 10.8 Å². The second-order valence-electron chi connectivity index (χ2n) is 5.04. The van der Waals surface area contributed by atoms with Crippen molar-refractivity contribution in [2.45, 2.75) is 25.8 Å². The van der Waals surface area contributed by atoms with Crippen molar-refractivity contribution in [2.75, 3.05) is 13.1 Å². The van der Waals surface area contributed by atoms with Crippen LogP contribution in [0.5, 0.6) is 0 Å². The Morgan fingerprint density at radius 2 is 2.24 bits per heavy atom. The molecule has 1 fully saturated rings. The highest BCUT2D eigenvalue weighted by molar-refractivity contribution is 7.17. The summed E-state index contributed by atoms with van der Waals surface area (Å²) >= 11 is 1.35. The van der Waals surface area contributed by atoms with Crippen molar-refractivity contribution in [1.82, 2.24) is 19.9 Å². The molecule has 1 amide bonds. The number of nitrogens with zero attached hydrogens (tertiary/aromatic N) is 4. The number of hydrogen-bond acceptors (Lipinski definition) is 6. The molecule has 0 aromatic carbocycles. The summed E-state index contributed by atoms with van der Waals surface area (Å²) in [5, 5.41) is 0.681. The van der Waals surface area contributed by atoms with Gasteiger partial charge in [0.2, 0.25) is 0 Å². The highest BCUT2D eigenvalue weighted by atomic mass is 32.1. The van der Waals surface area contributed by atoms with Gasteiger partial charge in [0, 0.05) is 31.5 Å². The van der Waals surface area contributed by atoms with Crippen LogP contribution in [0.4, 0.5) is 0 Å². The molecule has 21 heavy (non-hydrogen) atoms. The van der Waals surface area contributed by atoms with Crippen LogP contribution in [0.3, 0.4) is 0 Å². The zero-order valence-corrected chi connectivity index (χ0v) is 12.6. The van der Waals surface area contributed by atoms with Crippen LogP contribution in [0.15, 0.2) is 18.5 Å². The summed E-state index contributed by atoms with van der Waals surface area (Å²) in [6.07, 6.45) is 5.34. The molecule has 0 radical (unpaired) electrons. The van der Waals surface area contributed by atoms with Crippen LogP contribution in [0.2, 0.25) is 0 Å². The van der Waals surface area contributed by atoms with Gasteiger partial charge >= 0.3 is 0 Å². The Morgan fingerprint density at radius 3 is 2.95 bits per heavy atom. The molecule has 1 aliphatic rings. The molecule has 3 heterocycles. The van der Waals surface area contributed by atoms with Crippen molar-refractivity contribution in [1.29, 1.82) is 0 Å². The number of amides is 1. The van der Waals surface area contributed by atoms with Crippen LogP contribution in [-0.2, 0) is 0 Å². The number of thiazole rings is 1. The SMILES string of the molecule is Cc1nc(-c2ncccn2)sc1C(=O)N1CCCC1CN. The second kappa shape index (κ2) is 5.87. The maximum absolute atomic E-state index is 12.7. The van der Waals surface area contributed by atoms with E-state index in [2.05, 4.69) is 15.0 Å². The molecule has 1 atom stereocenters. The van der Waals surface area contributed by atoms with Crippen LogP contribution in [-0.4, -0.2) is 44.9 Å². The lowest BCUT2D eigenvalue weighted by atomic mass is 10.2. The Labute approximate surface area is 127 Å². The van der Waals surface area contributed by atoms with E-state index in [1.165, 1.54) is 11.3 Å². The largest absolute Gasteiger partial charge is 0.334 e. The normalized spacial score (nSPS) is 18.2. The predicted molar refractivity (Wildman–Crippen MR) is 81.0 cm³/mol. The lowest BCUT2D eigenvalue weighted by Gasteiger charge is -2.22. The average Bonchev–Trinajstić information content (AvgIpc) is 3.13. The summed E-state index contributed by atoms with van der Waals surface area (Å²) in [6.45, 7) is 3.14. The standard InChI is InChI=1S/C14H17N5OS/c1-9-11(14(20)19-7-2-4-10(19)8-15)21-13(18-9)12-16-5-3-6-17-12/h3,5-6,10H,2,4,7-8,15H2,1H3. The first-order valence-electron chi connectivity index (χ1n) is 6.96. The van der Waals surface area contributed by atoms with Gasteiger partial charge < -0.3 is 10.6 Å². The third kappa shape index (κ3) is 2.66. The number of hydrogen-bond donors (Lipinski definition) is 1. The zero-order chi connectivity index (χ0) is 14.8. The maximum atomic E-state index is 12.7. The van der Waals surface area contributed by atoms with E-state index in [0.717, 1.165) is 25.1 Å². The van der Waals surface area contributed by atoms with E-state index in [-0.39, 0.29) is 11.9 Å². The third-order valence-electron chi connectivity index (χ3n) is 3.66. The Balaban J connectivity index is 1.89. The van der Waals surface area contributed by atoms with Crippen molar-refractivity contribution in [3.63, 3.8) is 0 Å². The van der Waals surface area contributed by atoms with Gasteiger partial charge in [0.05, 0.1) is 5.69 Å². The summed E-state index contributed by atoms with van der Waals surface area (Å²) in [4.78, 5) is 28.0. The van der Waals surface area contributed by atoms with E-state index in [1.807, 2.05) is 11.8 Å². The Bertz CT molecular complexity index is 642. The van der Waals surface area contributed by atoms with E-state index in [9.17, 15) is 4.79 Å². The molecule has 0 aliphatic carbocycles. The van der Waals surface area contributed by atoms with E-state index >= 15 is 0 Å². The van der Waals surface area contributed by atoms with E-state index in [0.29, 0.717) is 22.3 Å². The first-order chi connectivity index (χ1) is 10.2. The van der Waals surface area contributed by atoms with Crippen LogP contribution in [0, 0.1) is 6.92 Å². The summed E-state index contributed by atoms with van der Waals surface area (Å²) < 4.78 is 0. The molecule has 0 spiro atoms. The molecule has 110 valence electrons. The molecule has 6 nitrogen and oxygen atoms in total. The van der Waals surface area contributed by atoms with Crippen LogP contribution < -0.4 is 5.73 Å². The minimum Gasteiger partial charge on any atom is -0.334 e. The fourth-order valence-electron chi connectivity index (χ4n) is 2.58. The van der Waals surface area contributed by atoms with E-state index in [1.54, 1.807) is 18.5 Å². The number of aromatic nitrogens is 3. The quantitative estimate of drug-likeness (QED) is 0.928. The minimum atomic E-state index is 0.0279. The summed E-state index contributed by atoms with van der Waals surface area (Å²) in [5.41, 5.74) is 6.48. The number of likely N-dealkylation sites (tertiary alicyclic amines) is 1. The lowest BCUT2D eigenvalue weighted by Crippen LogP contribution is -2.39. The van der Waals surface area contributed by atoms with E-state index < -0.39 is 0 Å². The molecule has 7 heteroatoms. The third-order valence-corrected chi connectivity index (χ3v) is 4.80. The van der Waals surface area contributed by atoms with Crippen molar-refractivity contribution >= 4 is 17.2 Å². The zero-order valence-electron chi connectivity index (χ0n) is 11.8. The molecule has 2 aromatic rings. The minimum absolute atomic E-state index is 0.0279. The fraction of sp³-hybridized carbons (Fsp3) is 0.429. The molecule has 1 unspecified atom stereocenters. The molecule has 0 bridgehead atoms. The monoisotopic (exact) mass is 303 g/mol. The Morgan fingerprint density at radius 1 is 1.48 bits per heavy atom. The van der Waals surface area contributed by atoms with Gasteiger partial charge in [0.1, 0.15) is 4.88 Å². The van der Waals surface area contributed by atoms with Gasteiger partial charge in [0.15, 0.2) is 10.8 Å². The van der Waals surface area contributed by atoms with Gasteiger partial charge in [-0.25, -0.2) is 15.0 Å². The molecule has 1 aliphatic heterocycles. The van der Waals surface area contributed by atoms with Crippen molar-refractivity contribution in [2.24, 2.45) is 5.73 Å². The first kappa shape index (κ1) is 14.1. The van der Waals surface area contributed by atoms with E-state index in [4.69, 9.17) is 5.73 Å². The number of rotatable bonds is 3. The lowest BCUT2D eigenvalue weighted by molar-refractivity contribution is 0.0745. The van der Waals surface area contributed by atoms with Gasteiger partial charge in [-0.15, -0.1) is 11.3 Å². The number of carbonyl (C=O) groups excluding carboxylic acids is 1. The maximum Gasteiger partial charge on any atom is 0.266 e. The Kier molecular flexibility index (Phi) is 3.94. The van der Waals surface area contributed by atoms with Crippen LogP contribution in [0.25, 0.3) is 10.8 Å². The molecular formula is C14H17N5OS. The molecule has 3 rings (SSSR count). The first-order valence-corrected chi connectivity index (χ1v) is 7.78. The molecule has 2 aromatic heterocycles. The van der Waals surface area contributed by atoms with Crippen molar-refractivity contribution in [3.05, 3.63) is 29.0 Å². The highest BCUT2D eigenvalue weighted by Gasteiger charge is 2.30. The summed E-state index contributed by atoms with van der Waals surface area (Å²) in [7, 11) is 0. The second-order valence-corrected chi connectivity index (χ2v) is 6.04.